The lowest BCUT2D eigenvalue weighted by molar-refractivity contribution is 0.0932. The smallest absolute Gasteiger partial charge is 0.270 e. The van der Waals surface area contributed by atoms with Crippen molar-refractivity contribution in [1.82, 2.24) is 30.0 Å². The van der Waals surface area contributed by atoms with Gasteiger partial charge in [0.2, 0.25) is 0 Å². The molecular weight excluding hydrogens is 411 g/mol. The van der Waals surface area contributed by atoms with Crippen molar-refractivity contribution in [2.24, 2.45) is 0 Å². The molecule has 1 aliphatic rings. The Balaban J connectivity index is 1.53. The summed E-state index contributed by atoms with van der Waals surface area (Å²) >= 11 is 0. The molecule has 0 bridgehead atoms. The van der Waals surface area contributed by atoms with Gasteiger partial charge in [0.25, 0.3) is 11.9 Å². The Labute approximate surface area is 183 Å². The zero-order chi connectivity index (χ0) is 22.1. The first-order valence-electron chi connectivity index (χ1n) is 10.4. The molecule has 162 valence electrons. The zero-order valence-corrected chi connectivity index (χ0v) is 17.5. The van der Waals surface area contributed by atoms with Crippen LogP contribution < -0.4 is 5.32 Å². The maximum atomic E-state index is 14.1. The van der Waals surface area contributed by atoms with Crippen molar-refractivity contribution >= 4 is 16.8 Å². The highest BCUT2D eigenvalue weighted by molar-refractivity contribution is 5.96. The van der Waals surface area contributed by atoms with Gasteiger partial charge >= 0.3 is 0 Å². The summed E-state index contributed by atoms with van der Waals surface area (Å²) in [5, 5.41) is 8.39. The summed E-state index contributed by atoms with van der Waals surface area (Å²) in [4.78, 5) is 25.7. The average molecular weight is 432 g/mol. The molecule has 1 N–H and O–H groups in total. The number of halogens is 1. The second kappa shape index (κ2) is 8.43. The van der Waals surface area contributed by atoms with Crippen LogP contribution in [-0.4, -0.2) is 50.9 Å². The van der Waals surface area contributed by atoms with Gasteiger partial charge < -0.3 is 10.1 Å². The predicted molar refractivity (Wildman–Crippen MR) is 116 cm³/mol. The molecule has 0 aliphatic heterocycles. The summed E-state index contributed by atoms with van der Waals surface area (Å²) in [5.74, 6) is 0.0960. The van der Waals surface area contributed by atoms with Crippen LogP contribution >= 0.6 is 0 Å². The fourth-order valence-corrected chi connectivity index (χ4v) is 3.59. The number of carbonyl (C=O) groups is 1. The summed E-state index contributed by atoms with van der Waals surface area (Å²) < 4.78 is 20.7. The summed E-state index contributed by atoms with van der Waals surface area (Å²) in [6.45, 7) is 0.808. The van der Waals surface area contributed by atoms with Crippen LogP contribution in [0.15, 0.2) is 48.9 Å². The Kier molecular flexibility index (Phi) is 5.32. The third kappa shape index (κ3) is 3.82. The van der Waals surface area contributed by atoms with Crippen LogP contribution in [-0.2, 0) is 4.74 Å². The standard InChI is InChI=1S/C23H21FN6O2/c1-32-9-8-25-22(31)19-10-20-17(13-26-19)21(14-6-7-14)29-30(20)23-27-11-15(12-28-23)16-4-2-3-5-18(16)24/h2-5,10-14H,6-9H2,1H3,(H,25,31). The van der Waals surface area contributed by atoms with E-state index in [-0.39, 0.29) is 17.4 Å². The van der Waals surface area contributed by atoms with Gasteiger partial charge in [-0.3, -0.25) is 9.78 Å². The van der Waals surface area contributed by atoms with E-state index < -0.39 is 0 Å². The lowest BCUT2D eigenvalue weighted by Crippen LogP contribution is -2.27. The Morgan fingerprint density at radius 2 is 1.97 bits per heavy atom. The molecule has 1 fully saturated rings. The lowest BCUT2D eigenvalue weighted by Gasteiger charge is -2.06. The first-order valence-corrected chi connectivity index (χ1v) is 10.4. The number of nitrogens with zero attached hydrogens (tertiary/aromatic N) is 5. The van der Waals surface area contributed by atoms with Gasteiger partial charge in [0.05, 0.1) is 17.8 Å². The average Bonchev–Trinajstić information content (AvgIpc) is 3.60. The number of rotatable bonds is 7. The molecule has 3 aromatic heterocycles. The van der Waals surface area contributed by atoms with E-state index in [0.717, 1.165) is 23.9 Å². The summed E-state index contributed by atoms with van der Waals surface area (Å²) in [6, 6.07) is 8.19. The minimum absolute atomic E-state index is 0.278. The second-order valence-corrected chi connectivity index (χ2v) is 7.66. The number of carbonyl (C=O) groups excluding carboxylic acids is 1. The molecule has 8 nitrogen and oxygen atoms in total. The fraction of sp³-hybridized carbons (Fsp3) is 0.261. The van der Waals surface area contributed by atoms with Crippen LogP contribution in [0.25, 0.3) is 28.0 Å². The number of amides is 1. The summed E-state index contributed by atoms with van der Waals surface area (Å²) in [5.41, 5.74) is 2.92. The van der Waals surface area contributed by atoms with Gasteiger partial charge in [-0.2, -0.15) is 9.78 Å². The number of benzene rings is 1. The van der Waals surface area contributed by atoms with E-state index in [9.17, 15) is 9.18 Å². The van der Waals surface area contributed by atoms with Crippen molar-refractivity contribution in [3.63, 3.8) is 0 Å². The first kappa shape index (κ1) is 20.2. The van der Waals surface area contributed by atoms with Gasteiger partial charge in [0.1, 0.15) is 11.5 Å². The number of ether oxygens (including phenoxy) is 1. The molecule has 5 rings (SSSR count). The third-order valence-electron chi connectivity index (χ3n) is 5.39. The number of nitrogens with one attached hydrogen (secondary N) is 1. The van der Waals surface area contributed by atoms with E-state index in [1.165, 1.54) is 6.07 Å². The van der Waals surface area contributed by atoms with Crippen molar-refractivity contribution in [3.8, 4) is 17.1 Å². The van der Waals surface area contributed by atoms with E-state index in [2.05, 4.69) is 20.3 Å². The Morgan fingerprint density at radius 3 is 2.69 bits per heavy atom. The fourth-order valence-electron chi connectivity index (χ4n) is 3.59. The van der Waals surface area contributed by atoms with Crippen molar-refractivity contribution in [2.45, 2.75) is 18.8 Å². The van der Waals surface area contributed by atoms with Gasteiger partial charge in [0.15, 0.2) is 0 Å². The largest absolute Gasteiger partial charge is 0.383 e. The van der Waals surface area contributed by atoms with E-state index in [1.807, 2.05) is 0 Å². The molecule has 0 saturated heterocycles. The number of aromatic nitrogens is 5. The van der Waals surface area contributed by atoms with Crippen molar-refractivity contribution < 1.29 is 13.9 Å². The number of methoxy groups -OCH3 is 1. The Hall–Kier alpha value is -3.72. The first-order chi connectivity index (χ1) is 15.7. The van der Waals surface area contributed by atoms with Crippen LogP contribution in [0.2, 0.25) is 0 Å². The van der Waals surface area contributed by atoms with E-state index in [1.54, 1.807) is 54.6 Å². The van der Waals surface area contributed by atoms with Gasteiger partial charge in [0, 0.05) is 54.7 Å². The van der Waals surface area contributed by atoms with Crippen LogP contribution in [0.5, 0.6) is 0 Å². The molecule has 1 saturated carbocycles. The zero-order valence-electron chi connectivity index (χ0n) is 17.5. The van der Waals surface area contributed by atoms with E-state index >= 15 is 0 Å². The molecule has 9 heteroatoms. The molecule has 1 aromatic carbocycles. The molecule has 1 amide bonds. The molecular formula is C23H21FN6O2. The second-order valence-electron chi connectivity index (χ2n) is 7.66. The molecule has 32 heavy (non-hydrogen) atoms. The highest BCUT2D eigenvalue weighted by Crippen LogP contribution is 2.42. The van der Waals surface area contributed by atoms with Crippen LogP contribution in [0, 0.1) is 5.82 Å². The Morgan fingerprint density at radius 1 is 1.19 bits per heavy atom. The number of pyridine rings is 1. The van der Waals surface area contributed by atoms with Crippen molar-refractivity contribution in [1.29, 1.82) is 0 Å². The predicted octanol–water partition coefficient (Wildman–Crippen LogP) is 3.27. The molecule has 0 spiro atoms. The minimum Gasteiger partial charge on any atom is -0.383 e. The summed E-state index contributed by atoms with van der Waals surface area (Å²) in [6.07, 6.45) is 6.97. The monoisotopic (exact) mass is 432 g/mol. The van der Waals surface area contributed by atoms with Gasteiger partial charge in [-0.1, -0.05) is 18.2 Å². The molecule has 0 radical (unpaired) electrons. The molecule has 0 unspecified atom stereocenters. The Bertz CT molecular complexity index is 1280. The minimum atomic E-state index is -0.334. The SMILES string of the molecule is COCCNC(=O)c1cc2c(cn1)c(C1CC1)nn2-c1ncc(-c2ccccc2F)cn1. The van der Waals surface area contributed by atoms with Gasteiger partial charge in [-0.15, -0.1) is 0 Å². The highest BCUT2D eigenvalue weighted by atomic mass is 19.1. The molecule has 0 atom stereocenters. The van der Waals surface area contributed by atoms with E-state index in [0.29, 0.717) is 41.7 Å². The van der Waals surface area contributed by atoms with Crippen LogP contribution in [0.3, 0.4) is 0 Å². The molecule has 3 heterocycles. The third-order valence-corrected chi connectivity index (χ3v) is 5.39. The van der Waals surface area contributed by atoms with Crippen LogP contribution in [0.1, 0.15) is 34.9 Å². The molecule has 1 aliphatic carbocycles. The van der Waals surface area contributed by atoms with Crippen molar-refractivity contribution in [3.05, 3.63) is 66.1 Å². The maximum absolute atomic E-state index is 14.1. The highest BCUT2D eigenvalue weighted by Gasteiger charge is 2.30. The van der Waals surface area contributed by atoms with Crippen molar-refractivity contribution in [2.75, 3.05) is 20.3 Å². The van der Waals surface area contributed by atoms with Gasteiger partial charge in [-0.25, -0.2) is 14.4 Å². The topological polar surface area (TPSA) is 94.8 Å². The number of fused-ring (bicyclic) bond motifs is 1. The quantitative estimate of drug-likeness (QED) is 0.451. The summed E-state index contributed by atoms with van der Waals surface area (Å²) in [7, 11) is 1.58. The normalized spacial score (nSPS) is 13.4. The number of hydrogen-bond acceptors (Lipinski definition) is 6. The van der Waals surface area contributed by atoms with Crippen LogP contribution in [0.4, 0.5) is 4.39 Å². The lowest BCUT2D eigenvalue weighted by atomic mass is 10.1. The van der Waals surface area contributed by atoms with Gasteiger partial charge in [-0.05, 0) is 25.0 Å². The molecule has 4 aromatic rings. The maximum Gasteiger partial charge on any atom is 0.270 e. The number of hydrogen-bond donors (Lipinski definition) is 1. The van der Waals surface area contributed by atoms with E-state index in [4.69, 9.17) is 9.84 Å².